The second kappa shape index (κ2) is 11.7. The Labute approximate surface area is 184 Å². The molecule has 1 N–H and O–H groups in total. The van der Waals surface area contributed by atoms with Gasteiger partial charge in [-0.15, -0.1) is 0 Å². The van der Waals surface area contributed by atoms with E-state index in [0.717, 1.165) is 17.7 Å². The lowest BCUT2D eigenvalue weighted by Gasteiger charge is -2.22. The van der Waals surface area contributed by atoms with Crippen molar-refractivity contribution in [1.29, 1.82) is 0 Å². The number of hydrogen-bond acceptors (Lipinski definition) is 3. The summed E-state index contributed by atoms with van der Waals surface area (Å²) in [6.45, 7) is 3.70. The van der Waals surface area contributed by atoms with Gasteiger partial charge in [0.15, 0.2) is 11.5 Å². The summed E-state index contributed by atoms with van der Waals surface area (Å²) in [6, 6.07) is 12.2. The van der Waals surface area contributed by atoms with Crippen molar-refractivity contribution in [3.63, 3.8) is 0 Å². The quantitative estimate of drug-likeness (QED) is 0.476. The Kier molecular flexibility index (Phi) is 8.97. The van der Waals surface area contributed by atoms with Gasteiger partial charge in [0.25, 0.3) is 0 Å². The highest BCUT2D eigenvalue weighted by Crippen LogP contribution is 2.37. The zero-order valence-corrected chi connectivity index (χ0v) is 18.7. The minimum Gasteiger partial charge on any atom is -0.490 e. The third kappa shape index (κ3) is 7.09. The number of hydrogen-bond donors (Lipinski definition) is 1. The molecule has 0 spiro atoms. The number of halogens is 2. The number of benzene rings is 2. The fraction of sp³-hybridized carbons (Fsp3) is 0.500. The van der Waals surface area contributed by atoms with Gasteiger partial charge < -0.3 is 14.8 Å². The van der Waals surface area contributed by atoms with Gasteiger partial charge in [-0.1, -0.05) is 67.4 Å². The van der Waals surface area contributed by atoms with Crippen LogP contribution >= 0.6 is 23.2 Å². The summed E-state index contributed by atoms with van der Waals surface area (Å²) in [4.78, 5) is 0. The molecule has 2 aromatic rings. The van der Waals surface area contributed by atoms with Gasteiger partial charge in [0, 0.05) is 17.6 Å². The zero-order chi connectivity index (χ0) is 20.5. The molecule has 5 heteroatoms. The summed E-state index contributed by atoms with van der Waals surface area (Å²) >= 11 is 12.6. The largest absolute Gasteiger partial charge is 0.490 e. The average Bonchev–Trinajstić information content (AvgIpc) is 2.67. The van der Waals surface area contributed by atoms with Crippen molar-refractivity contribution in [2.24, 2.45) is 0 Å². The molecule has 1 fully saturated rings. The van der Waals surface area contributed by atoms with Crippen LogP contribution in [-0.4, -0.2) is 12.6 Å². The first-order valence-corrected chi connectivity index (χ1v) is 11.5. The molecule has 1 aliphatic rings. The molecule has 0 radical (unpaired) electrons. The lowest BCUT2D eigenvalue weighted by Crippen LogP contribution is -2.29. The molecule has 1 aliphatic carbocycles. The number of ether oxygens (including phenoxy) is 2. The summed E-state index contributed by atoms with van der Waals surface area (Å²) in [5.74, 6) is 1.28. The van der Waals surface area contributed by atoms with Crippen LogP contribution in [-0.2, 0) is 13.2 Å². The third-order valence-corrected chi connectivity index (χ3v) is 5.86. The van der Waals surface area contributed by atoms with Crippen LogP contribution in [0.3, 0.4) is 0 Å². The minimum absolute atomic E-state index is 0.389. The van der Waals surface area contributed by atoms with Crippen molar-refractivity contribution < 1.29 is 9.47 Å². The Hall–Kier alpha value is -1.42. The van der Waals surface area contributed by atoms with Gasteiger partial charge >= 0.3 is 0 Å². The molecule has 0 heterocycles. The van der Waals surface area contributed by atoms with Gasteiger partial charge in [-0.2, -0.15) is 0 Å². The molecule has 0 aromatic heterocycles. The zero-order valence-electron chi connectivity index (χ0n) is 17.2. The Morgan fingerprint density at radius 2 is 1.69 bits per heavy atom. The van der Waals surface area contributed by atoms with E-state index in [-0.39, 0.29) is 0 Å². The molecule has 2 aromatic carbocycles. The summed E-state index contributed by atoms with van der Waals surface area (Å²) in [6.07, 6.45) is 9.25. The van der Waals surface area contributed by atoms with Crippen LogP contribution < -0.4 is 14.8 Å². The predicted molar refractivity (Wildman–Crippen MR) is 121 cm³/mol. The molecule has 0 amide bonds. The molecule has 3 rings (SSSR count). The van der Waals surface area contributed by atoms with Crippen LogP contribution in [0.1, 0.15) is 63.0 Å². The van der Waals surface area contributed by atoms with E-state index < -0.39 is 0 Å². The monoisotopic (exact) mass is 435 g/mol. The van der Waals surface area contributed by atoms with Gasteiger partial charge in [0.2, 0.25) is 0 Å². The van der Waals surface area contributed by atoms with Gasteiger partial charge in [-0.05, 0) is 55.2 Å². The molecule has 1 saturated carbocycles. The predicted octanol–water partition coefficient (Wildman–Crippen LogP) is 7.17. The van der Waals surface area contributed by atoms with E-state index in [1.807, 2.05) is 43.3 Å². The van der Waals surface area contributed by atoms with Crippen LogP contribution in [0.15, 0.2) is 36.4 Å². The van der Waals surface area contributed by atoms with E-state index in [4.69, 9.17) is 32.7 Å². The minimum atomic E-state index is 0.389. The lowest BCUT2D eigenvalue weighted by atomic mass is 9.96. The van der Waals surface area contributed by atoms with Crippen LogP contribution in [0.5, 0.6) is 11.5 Å². The fourth-order valence-electron chi connectivity index (χ4n) is 3.83. The highest BCUT2D eigenvalue weighted by Gasteiger charge is 2.15. The van der Waals surface area contributed by atoms with E-state index in [2.05, 4.69) is 5.32 Å². The average molecular weight is 436 g/mol. The molecule has 0 unspecified atom stereocenters. The maximum absolute atomic E-state index is 6.58. The second-order valence-electron chi connectivity index (χ2n) is 7.68. The summed E-state index contributed by atoms with van der Waals surface area (Å²) in [7, 11) is 0. The van der Waals surface area contributed by atoms with E-state index in [1.54, 1.807) is 0 Å². The topological polar surface area (TPSA) is 30.5 Å². The van der Waals surface area contributed by atoms with Gasteiger partial charge in [0.1, 0.15) is 6.61 Å². The van der Waals surface area contributed by atoms with Crippen molar-refractivity contribution in [2.45, 2.75) is 71.1 Å². The molecular weight excluding hydrogens is 405 g/mol. The highest BCUT2D eigenvalue weighted by atomic mass is 35.5. The Morgan fingerprint density at radius 3 is 2.41 bits per heavy atom. The maximum Gasteiger partial charge on any atom is 0.180 e. The van der Waals surface area contributed by atoms with Crippen molar-refractivity contribution in [2.75, 3.05) is 6.61 Å². The Morgan fingerprint density at radius 1 is 0.931 bits per heavy atom. The van der Waals surface area contributed by atoms with E-state index in [9.17, 15) is 0 Å². The second-order valence-corrected chi connectivity index (χ2v) is 8.52. The SMILES string of the molecule is CCOc1cc(CNC2CCCCCCC2)cc(Cl)c1OCc1cccc(Cl)c1. The van der Waals surface area contributed by atoms with Crippen LogP contribution in [0.25, 0.3) is 0 Å². The fourth-order valence-corrected chi connectivity index (χ4v) is 4.33. The van der Waals surface area contributed by atoms with E-state index in [1.165, 1.54) is 44.9 Å². The number of nitrogens with one attached hydrogen (secondary N) is 1. The normalized spacial score (nSPS) is 15.6. The summed E-state index contributed by atoms with van der Waals surface area (Å²) < 4.78 is 11.8. The molecule has 158 valence electrons. The Balaban J connectivity index is 1.66. The molecule has 0 bridgehead atoms. The third-order valence-electron chi connectivity index (χ3n) is 5.34. The molecule has 0 aliphatic heterocycles. The Bertz CT molecular complexity index is 773. The first kappa shape index (κ1) is 22.3. The lowest BCUT2D eigenvalue weighted by molar-refractivity contribution is 0.269. The van der Waals surface area contributed by atoms with E-state index in [0.29, 0.717) is 40.8 Å². The smallest absolute Gasteiger partial charge is 0.180 e. The van der Waals surface area contributed by atoms with E-state index >= 15 is 0 Å². The van der Waals surface area contributed by atoms with Gasteiger partial charge in [-0.25, -0.2) is 0 Å². The van der Waals surface area contributed by atoms with Crippen molar-refractivity contribution in [1.82, 2.24) is 5.32 Å². The standard InChI is InChI=1S/C24H31Cl2NO2/c1-2-28-23-15-19(16-27-21-11-6-4-3-5-7-12-21)14-22(26)24(23)29-17-18-9-8-10-20(25)13-18/h8-10,13-15,21,27H,2-7,11-12,16-17H2,1H3. The van der Waals surface area contributed by atoms with Crippen LogP contribution in [0.4, 0.5) is 0 Å². The first-order chi connectivity index (χ1) is 14.2. The van der Waals surface area contributed by atoms with Crippen LogP contribution in [0, 0.1) is 0 Å². The maximum atomic E-state index is 6.58. The molecule has 0 atom stereocenters. The molecule has 29 heavy (non-hydrogen) atoms. The van der Waals surface area contributed by atoms with Crippen molar-refractivity contribution >= 4 is 23.2 Å². The molecule has 3 nitrogen and oxygen atoms in total. The number of rotatable bonds is 8. The van der Waals surface area contributed by atoms with Gasteiger partial charge in [0.05, 0.1) is 11.6 Å². The summed E-state index contributed by atoms with van der Waals surface area (Å²) in [5.41, 5.74) is 2.11. The summed E-state index contributed by atoms with van der Waals surface area (Å²) in [5, 5.41) is 4.98. The highest BCUT2D eigenvalue weighted by molar-refractivity contribution is 6.32. The van der Waals surface area contributed by atoms with Crippen molar-refractivity contribution in [3.8, 4) is 11.5 Å². The first-order valence-electron chi connectivity index (χ1n) is 10.7. The van der Waals surface area contributed by atoms with Crippen LogP contribution in [0.2, 0.25) is 10.0 Å². The van der Waals surface area contributed by atoms with Crippen molar-refractivity contribution in [3.05, 3.63) is 57.6 Å². The van der Waals surface area contributed by atoms with Gasteiger partial charge in [-0.3, -0.25) is 0 Å². The molecule has 0 saturated heterocycles. The molecular formula is C24H31Cl2NO2.